The Morgan fingerprint density at radius 2 is 1.04 bits per heavy atom. The number of aromatic nitrogens is 1. The van der Waals surface area contributed by atoms with E-state index in [9.17, 15) is 0 Å². The number of nitrogens with zero attached hydrogens (tertiary/aromatic N) is 1. The van der Waals surface area contributed by atoms with Gasteiger partial charge < -0.3 is 4.57 Å². The molecule has 0 spiro atoms. The molecule has 0 N–H and O–H groups in total. The van der Waals surface area contributed by atoms with Crippen LogP contribution in [0.5, 0.6) is 0 Å². The van der Waals surface area contributed by atoms with Crippen LogP contribution < -0.4 is 0 Å². The van der Waals surface area contributed by atoms with Gasteiger partial charge in [-0.05, 0) is 104 Å². The van der Waals surface area contributed by atoms with Crippen molar-refractivity contribution in [2.45, 2.75) is 19.3 Å². The number of halogens is 1. The van der Waals surface area contributed by atoms with E-state index in [1.165, 1.54) is 83.1 Å². The predicted octanol–water partition coefficient (Wildman–Crippen LogP) is 12.9. The molecule has 0 saturated heterocycles. The van der Waals surface area contributed by atoms with E-state index in [1.54, 1.807) is 0 Å². The zero-order valence-electron chi connectivity index (χ0n) is 26.3. The zero-order valence-corrected chi connectivity index (χ0v) is 27.9. The van der Waals surface area contributed by atoms with Gasteiger partial charge in [0.15, 0.2) is 0 Å². The topological polar surface area (TPSA) is 4.93 Å². The summed E-state index contributed by atoms with van der Waals surface area (Å²) in [5.74, 6) is 0. The van der Waals surface area contributed by atoms with Crippen molar-refractivity contribution in [1.29, 1.82) is 0 Å². The Hall–Kier alpha value is -5.18. The minimum Gasteiger partial charge on any atom is -0.309 e. The van der Waals surface area contributed by atoms with Gasteiger partial charge >= 0.3 is 0 Å². The second-order valence-electron chi connectivity index (χ2n) is 13.2. The molecular weight excluding hydrogens is 634 g/mol. The van der Waals surface area contributed by atoms with Crippen molar-refractivity contribution < 1.29 is 0 Å². The number of fused-ring (bicyclic) bond motifs is 6. The van der Waals surface area contributed by atoms with Gasteiger partial charge in [0.25, 0.3) is 0 Å². The molecule has 1 nitrogen and oxygen atoms in total. The van der Waals surface area contributed by atoms with E-state index in [-0.39, 0.29) is 5.41 Å². The molecule has 47 heavy (non-hydrogen) atoms. The summed E-state index contributed by atoms with van der Waals surface area (Å²) in [6, 6.07) is 57.8. The standard InChI is InChI=1S/C45H32BrN/c1-45(2)41-17-8-6-15-37(41)38-22-20-36(28-42(38)45)47-43-18-9-7-16-39(43)40-21-19-32(27-44(40)47)30-13-10-14-31(23-30)34-24-33(25-35(46)26-34)29-11-4-3-5-12-29/h3-28H,1-2H3. The summed E-state index contributed by atoms with van der Waals surface area (Å²) in [5, 5.41) is 2.54. The third-order valence-corrected chi connectivity index (χ3v) is 10.5. The minimum absolute atomic E-state index is 0.0564. The second-order valence-corrected chi connectivity index (χ2v) is 14.1. The molecule has 0 unspecified atom stereocenters. The normalized spacial score (nSPS) is 13.2. The second kappa shape index (κ2) is 10.7. The molecule has 7 aromatic carbocycles. The predicted molar refractivity (Wildman–Crippen MR) is 202 cm³/mol. The van der Waals surface area contributed by atoms with Gasteiger partial charge in [0.1, 0.15) is 0 Å². The third-order valence-electron chi connectivity index (χ3n) is 10.0. The van der Waals surface area contributed by atoms with E-state index in [0.717, 1.165) is 4.47 Å². The largest absolute Gasteiger partial charge is 0.309 e. The number of rotatable bonds is 4. The van der Waals surface area contributed by atoms with Crippen LogP contribution in [0.4, 0.5) is 0 Å². The molecule has 8 aromatic rings. The van der Waals surface area contributed by atoms with Crippen LogP contribution in [-0.4, -0.2) is 4.57 Å². The highest BCUT2D eigenvalue weighted by atomic mass is 79.9. The summed E-state index contributed by atoms with van der Waals surface area (Å²) in [4.78, 5) is 0. The van der Waals surface area contributed by atoms with Gasteiger partial charge in [-0.15, -0.1) is 0 Å². The molecule has 1 aliphatic carbocycles. The van der Waals surface area contributed by atoms with Crippen molar-refractivity contribution in [3.63, 3.8) is 0 Å². The van der Waals surface area contributed by atoms with Crippen LogP contribution >= 0.6 is 15.9 Å². The van der Waals surface area contributed by atoms with Gasteiger partial charge in [0.2, 0.25) is 0 Å². The van der Waals surface area contributed by atoms with Gasteiger partial charge in [-0.2, -0.15) is 0 Å². The van der Waals surface area contributed by atoms with E-state index in [4.69, 9.17) is 0 Å². The Kier molecular flexibility index (Phi) is 6.38. The first kappa shape index (κ1) is 28.1. The van der Waals surface area contributed by atoms with Crippen molar-refractivity contribution in [2.75, 3.05) is 0 Å². The molecular formula is C45H32BrN. The van der Waals surface area contributed by atoms with E-state index in [2.05, 4.69) is 192 Å². The molecule has 0 aliphatic heterocycles. The monoisotopic (exact) mass is 665 g/mol. The summed E-state index contributed by atoms with van der Waals surface area (Å²) in [5.41, 5.74) is 16.3. The fourth-order valence-electron chi connectivity index (χ4n) is 7.69. The first-order valence-electron chi connectivity index (χ1n) is 16.2. The fourth-order valence-corrected chi connectivity index (χ4v) is 8.18. The summed E-state index contributed by atoms with van der Waals surface area (Å²) in [7, 11) is 0. The lowest BCUT2D eigenvalue weighted by Crippen LogP contribution is -2.15. The third kappa shape index (κ3) is 4.51. The first-order valence-corrected chi connectivity index (χ1v) is 17.0. The van der Waals surface area contributed by atoms with Gasteiger partial charge in [0.05, 0.1) is 11.0 Å². The summed E-state index contributed by atoms with van der Waals surface area (Å²) < 4.78 is 3.53. The van der Waals surface area contributed by atoms with Gasteiger partial charge in [-0.3, -0.25) is 0 Å². The number of para-hydroxylation sites is 1. The lowest BCUT2D eigenvalue weighted by molar-refractivity contribution is 0.660. The van der Waals surface area contributed by atoms with Crippen LogP contribution in [0.3, 0.4) is 0 Å². The molecule has 0 fully saturated rings. The maximum atomic E-state index is 3.78. The maximum Gasteiger partial charge on any atom is 0.0547 e. The number of hydrogen-bond donors (Lipinski definition) is 0. The number of benzene rings is 7. The van der Waals surface area contributed by atoms with Crippen LogP contribution in [0, 0.1) is 0 Å². The average molecular weight is 667 g/mol. The van der Waals surface area contributed by atoms with E-state index in [1.807, 2.05) is 0 Å². The highest BCUT2D eigenvalue weighted by molar-refractivity contribution is 9.10. The Bertz CT molecular complexity index is 2500. The van der Waals surface area contributed by atoms with Crippen LogP contribution in [0.25, 0.3) is 72.0 Å². The molecule has 0 saturated carbocycles. The molecule has 0 bridgehead atoms. The molecule has 2 heteroatoms. The van der Waals surface area contributed by atoms with Gasteiger partial charge in [0, 0.05) is 26.3 Å². The van der Waals surface area contributed by atoms with Crippen molar-refractivity contribution in [2.24, 2.45) is 0 Å². The van der Waals surface area contributed by atoms with Crippen molar-refractivity contribution in [3.05, 3.63) is 173 Å². The Morgan fingerprint density at radius 1 is 0.426 bits per heavy atom. The van der Waals surface area contributed by atoms with Crippen molar-refractivity contribution in [3.8, 4) is 50.2 Å². The van der Waals surface area contributed by atoms with Crippen molar-refractivity contribution >= 4 is 37.7 Å². The van der Waals surface area contributed by atoms with E-state index < -0.39 is 0 Å². The Labute approximate surface area is 283 Å². The van der Waals surface area contributed by atoms with Crippen LogP contribution in [-0.2, 0) is 5.41 Å². The molecule has 9 rings (SSSR count). The highest BCUT2D eigenvalue weighted by Gasteiger charge is 2.35. The molecule has 224 valence electrons. The summed E-state index contributed by atoms with van der Waals surface area (Å²) in [6.45, 7) is 4.71. The van der Waals surface area contributed by atoms with Crippen LogP contribution in [0.1, 0.15) is 25.0 Å². The Balaban J connectivity index is 1.19. The van der Waals surface area contributed by atoms with E-state index in [0.29, 0.717) is 0 Å². The molecule has 0 atom stereocenters. The Morgan fingerprint density at radius 3 is 1.89 bits per heavy atom. The molecule has 0 radical (unpaired) electrons. The average Bonchev–Trinajstić information content (AvgIpc) is 3.56. The summed E-state index contributed by atoms with van der Waals surface area (Å²) >= 11 is 3.78. The zero-order chi connectivity index (χ0) is 31.7. The molecule has 1 heterocycles. The number of hydrogen-bond acceptors (Lipinski definition) is 0. The van der Waals surface area contributed by atoms with E-state index >= 15 is 0 Å². The molecule has 0 amide bonds. The SMILES string of the molecule is CC1(C)c2ccccc2-c2ccc(-n3c4ccccc4c4ccc(-c5cccc(-c6cc(Br)cc(-c7ccccc7)c6)c5)cc43)cc21. The quantitative estimate of drug-likeness (QED) is 0.176. The molecule has 1 aliphatic rings. The lowest BCUT2D eigenvalue weighted by atomic mass is 9.82. The smallest absolute Gasteiger partial charge is 0.0547 e. The van der Waals surface area contributed by atoms with Gasteiger partial charge in [-0.25, -0.2) is 0 Å². The highest BCUT2D eigenvalue weighted by Crippen LogP contribution is 2.49. The lowest BCUT2D eigenvalue weighted by Gasteiger charge is -2.22. The van der Waals surface area contributed by atoms with Crippen LogP contribution in [0.15, 0.2) is 162 Å². The minimum atomic E-state index is -0.0564. The maximum absolute atomic E-state index is 3.78. The van der Waals surface area contributed by atoms with Gasteiger partial charge in [-0.1, -0.05) is 139 Å². The fraction of sp³-hybridized carbons (Fsp3) is 0.0667. The van der Waals surface area contributed by atoms with Crippen LogP contribution in [0.2, 0.25) is 0 Å². The first-order chi connectivity index (χ1) is 23.0. The van der Waals surface area contributed by atoms with Crippen molar-refractivity contribution in [1.82, 2.24) is 4.57 Å². The summed E-state index contributed by atoms with van der Waals surface area (Å²) in [6.07, 6.45) is 0. The molecule has 1 aromatic heterocycles.